The van der Waals surface area contributed by atoms with Gasteiger partial charge in [0.15, 0.2) is 0 Å². The quantitative estimate of drug-likeness (QED) is 0.813. The molecule has 1 saturated heterocycles. The van der Waals surface area contributed by atoms with Crippen LogP contribution in [0.5, 0.6) is 0 Å². The van der Waals surface area contributed by atoms with Gasteiger partial charge in [0.2, 0.25) is 17.8 Å². The number of aliphatic hydroxyl groups is 1. The van der Waals surface area contributed by atoms with Gasteiger partial charge in [-0.25, -0.2) is 0 Å². The molecular weight excluding hydrogens is 244 g/mol. The van der Waals surface area contributed by atoms with E-state index in [0.717, 1.165) is 25.8 Å². The first-order chi connectivity index (χ1) is 9.15. The molecule has 0 aliphatic carbocycles. The first-order valence-corrected chi connectivity index (χ1v) is 6.64. The van der Waals surface area contributed by atoms with Gasteiger partial charge < -0.3 is 20.2 Å². The van der Waals surface area contributed by atoms with Crippen molar-refractivity contribution in [1.82, 2.24) is 15.0 Å². The van der Waals surface area contributed by atoms with E-state index >= 15 is 0 Å². The molecule has 1 fully saturated rings. The average molecular weight is 266 g/mol. The summed E-state index contributed by atoms with van der Waals surface area (Å²) < 4.78 is 0. The maximum absolute atomic E-state index is 9.49. The molecule has 1 aromatic heterocycles. The fourth-order valence-corrected chi connectivity index (χ4v) is 2.25. The zero-order valence-corrected chi connectivity index (χ0v) is 11.8. The molecule has 1 aliphatic heterocycles. The van der Waals surface area contributed by atoms with Crippen LogP contribution in [0.25, 0.3) is 0 Å². The monoisotopic (exact) mass is 266 g/mol. The molecule has 2 N–H and O–H groups in total. The fraction of sp³-hybridized carbons (Fsp3) is 0.750. The summed E-state index contributed by atoms with van der Waals surface area (Å²) in [4.78, 5) is 17.1. The molecule has 0 radical (unpaired) electrons. The Morgan fingerprint density at radius 2 is 2.11 bits per heavy atom. The number of hydrogen-bond donors (Lipinski definition) is 2. The average Bonchev–Trinajstić information content (AvgIpc) is 2.46. The molecule has 0 spiro atoms. The molecule has 1 aliphatic rings. The highest BCUT2D eigenvalue weighted by atomic mass is 16.3. The van der Waals surface area contributed by atoms with Crippen molar-refractivity contribution < 1.29 is 5.11 Å². The standard InChI is InChI=1S/C12H22N6O/c1-13-10-14-11(17(2)3)16-12(15-10)18-7-5-4-6-9(18)8-19/h9,19H,4-8H2,1-3H3,(H,13,14,15,16). The Kier molecular flexibility index (Phi) is 4.36. The lowest BCUT2D eigenvalue weighted by Crippen LogP contribution is -2.43. The Morgan fingerprint density at radius 3 is 2.74 bits per heavy atom. The minimum absolute atomic E-state index is 0.107. The van der Waals surface area contributed by atoms with Crippen molar-refractivity contribution in [3.05, 3.63) is 0 Å². The maximum Gasteiger partial charge on any atom is 0.232 e. The number of aliphatic hydroxyl groups excluding tert-OH is 1. The fourth-order valence-electron chi connectivity index (χ4n) is 2.25. The van der Waals surface area contributed by atoms with Crippen molar-refractivity contribution >= 4 is 17.8 Å². The number of nitrogens with zero attached hydrogens (tertiary/aromatic N) is 5. The largest absolute Gasteiger partial charge is 0.394 e. The van der Waals surface area contributed by atoms with Crippen LogP contribution < -0.4 is 15.1 Å². The molecule has 106 valence electrons. The smallest absolute Gasteiger partial charge is 0.232 e. The molecule has 0 bridgehead atoms. The second-order valence-electron chi connectivity index (χ2n) is 4.93. The van der Waals surface area contributed by atoms with Crippen LogP contribution in [-0.2, 0) is 0 Å². The van der Waals surface area contributed by atoms with Gasteiger partial charge in [-0.1, -0.05) is 0 Å². The molecule has 7 heteroatoms. The number of hydrogen-bond acceptors (Lipinski definition) is 7. The van der Waals surface area contributed by atoms with Gasteiger partial charge in [-0.15, -0.1) is 0 Å². The Labute approximate surface area is 113 Å². The van der Waals surface area contributed by atoms with E-state index in [-0.39, 0.29) is 12.6 Å². The predicted molar refractivity (Wildman–Crippen MR) is 75.8 cm³/mol. The van der Waals surface area contributed by atoms with Crippen LogP contribution in [0.4, 0.5) is 17.8 Å². The summed E-state index contributed by atoms with van der Waals surface area (Å²) in [6.45, 7) is 1.02. The maximum atomic E-state index is 9.49. The Hall–Kier alpha value is -1.63. The molecule has 1 atom stereocenters. The van der Waals surface area contributed by atoms with Gasteiger partial charge in [0.05, 0.1) is 12.6 Å². The highest BCUT2D eigenvalue weighted by Crippen LogP contribution is 2.23. The first kappa shape index (κ1) is 13.8. The molecule has 0 aromatic carbocycles. The van der Waals surface area contributed by atoms with Crippen molar-refractivity contribution in [2.24, 2.45) is 0 Å². The van der Waals surface area contributed by atoms with E-state index in [4.69, 9.17) is 0 Å². The van der Waals surface area contributed by atoms with E-state index < -0.39 is 0 Å². The van der Waals surface area contributed by atoms with Crippen LogP contribution in [0.15, 0.2) is 0 Å². The third-order valence-electron chi connectivity index (χ3n) is 3.33. The van der Waals surface area contributed by atoms with E-state index in [1.54, 1.807) is 7.05 Å². The molecule has 2 rings (SSSR count). The number of aromatic nitrogens is 3. The molecule has 1 aromatic rings. The number of nitrogens with one attached hydrogen (secondary N) is 1. The SMILES string of the molecule is CNc1nc(N(C)C)nc(N2CCCCC2CO)n1. The topological polar surface area (TPSA) is 77.4 Å². The Balaban J connectivity index is 2.33. The van der Waals surface area contributed by atoms with Gasteiger partial charge in [0.1, 0.15) is 0 Å². The second-order valence-corrected chi connectivity index (χ2v) is 4.93. The second kappa shape index (κ2) is 6.01. The van der Waals surface area contributed by atoms with Crippen molar-refractivity contribution in [3.8, 4) is 0 Å². The van der Waals surface area contributed by atoms with Crippen molar-refractivity contribution in [1.29, 1.82) is 0 Å². The molecule has 2 heterocycles. The summed E-state index contributed by atoms with van der Waals surface area (Å²) in [7, 11) is 5.59. The third kappa shape index (κ3) is 3.04. The van der Waals surface area contributed by atoms with Crippen LogP contribution in [0.1, 0.15) is 19.3 Å². The molecule has 0 saturated carbocycles. The first-order valence-electron chi connectivity index (χ1n) is 6.64. The molecule has 0 amide bonds. The summed E-state index contributed by atoms with van der Waals surface area (Å²) in [5.41, 5.74) is 0. The molecule has 19 heavy (non-hydrogen) atoms. The van der Waals surface area contributed by atoms with E-state index in [1.807, 2.05) is 19.0 Å². The van der Waals surface area contributed by atoms with E-state index in [0.29, 0.717) is 17.8 Å². The summed E-state index contributed by atoms with van der Waals surface area (Å²) in [6.07, 6.45) is 3.23. The Morgan fingerprint density at radius 1 is 1.32 bits per heavy atom. The summed E-state index contributed by atoms with van der Waals surface area (Å²) >= 11 is 0. The van der Waals surface area contributed by atoms with Gasteiger partial charge >= 0.3 is 0 Å². The number of anilines is 3. The highest BCUT2D eigenvalue weighted by Gasteiger charge is 2.25. The predicted octanol–water partition coefficient (Wildman–Crippen LogP) is 0.330. The zero-order valence-electron chi connectivity index (χ0n) is 11.8. The highest BCUT2D eigenvalue weighted by molar-refractivity contribution is 5.45. The van der Waals surface area contributed by atoms with E-state index in [1.165, 1.54) is 0 Å². The summed E-state index contributed by atoms with van der Waals surface area (Å²) in [5.74, 6) is 1.81. The van der Waals surface area contributed by atoms with Crippen molar-refractivity contribution in [2.45, 2.75) is 25.3 Å². The van der Waals surface area contributed by atoms with Gasteiger partial charge in [-0.3, -0.25) is 0 Å². The lowest BCUT2D eigenvalue weighted by molar-refractivity contribution is 0.239. The third-order valence-corrected chi connectivity index (χ3v) is 3.33. The molecule has 1 unspecified atom stereocenters. The normalized spacial score (nSPS) is 19.4. The van der Waals surface area contributed by atoms with Gasteiger partial charge in [-0.2, -0.15) is 15.0 Å². The lowest BCUT2D eigenvalue weighted by atomic mass is 10.0. The number of rotatable bonds is 4. The molecular formula is C12H22N6O. The van der Waals surface area contributed by atoms with Gasteiger partial charge in [0.25, 0.3) is 0 Å². The zero-order chi connectivity index (χ0) is 13.8. The van der Waals surface area contributed by atoms with Crippen LogP contribution in [0.2, 0.25) is 0 Å². The molecule has 7 nitrogen and oxygen atoms in total. The van der Waals surface area contributed by atoms with E-state index in [2.05, 4.69) is 25.2 Å². The van der Waals surface area contributed by atoms with Crippen molar-refractivity contribution in [2.75, 3.05) is 49.4 Å². The van der Waals surface area contributed by atoms with Crippen LogP contribution in [-0.4, -0.2) is 60.4 Å². The Bertz CT molecular complexity index is 425. The van der Waals surface area contributed by atoms with Gasteiger partial charge in [0, 0.05) is 27.7 Å². The van der Waals surface area contributed by atoms with Crippen LogP contribution in [0.3, 0.4) is 0 Å². The van der Waals surface area contributed by atoms with Crippen LogP contribution in [0, 0.1) is 0 Å². The summed E-state index contributed by atoms with van der Waals surface area (Å²) in [5, 5.41) is 12.4. The van der Waals surface area contributed by atoms with E-state index in [9.17, 15) is 5.11 Å². The van der Waals surface area contributed by atoms with Gasteiger partial charge in [-0.05, 0) is 19.3 Å². The minimum atomic E-state index is 0.107. The summed E-state index contributed by atoms with van der Waals surface area (Å²) in [6, 6.07) is 0.107. The number of piperidine rings is 1. The minimum Gasteiger partial charge on any atom is -0.394 e. The lowest BCUT2D eigenvalue weighted by Gasteiger charge is -2.34. The van der Waals surface area contributed by atoms with Crippen LogP contribution >= 0.6 is 0 Å². The van der Waals surface area contributed by atoms with Crippen molar-refractivity contribution in [3.63, 3.8) is 0 Å².